The predicted octanol–water partition coefficient (Wildman–Crippen LogP) is 2.02. The van der Waals surface area contributed by atoms with Gasteiger partial charge in [0.15, 0.2) is 0 Å². The summed E-state index contributed by atoms with van der Waals surface area (Å²) in [4.78, 5) is 18.8. The zero-order valence-electron chi connectivity index (χ0n) is 16.5. The van der Waals surface area contributed by atoms with E-state index < -0.39 is 0 Å². The SMILES string of the molecule is CCOC(=O)N1CCC(N2CCN(CC(C)(C)C)C(CCO)C2)CC1. The van der Waals surface area contributed by atoms with Gasteiger partial charge in [-0.2, -0.15) is 0 Å². The minimum Gasteiger partial charge on any atom is -0.450 e. The number of piperazine rings is 1. The summed E-state index contributed by atoms with van der Waals surface area (Å²) in [6, 6.07) is 0.977. The van der Waals surface area contributed by atoms with E-state index in [1.54, 1.807) is 0 Å². The Labute approximate surface area is 153 Å². The Kier molecular flexibility index (Phi) is 7.52. The number of carbonyl (C=O) groups is 1. The quantitative estimate of drug-likeness (QED) is 0.818. The third-order valence-electron chi connectivity index (χ3n) is 5.28. The van der Waals surface area contributed by atoms with Gasteiger partial charge in [-0.25, -0.2) is 4.79 Å². The minimum absolute atomic E-state index is 0.172. The summed E-state index contributed by atoms with van der Waals surface area (Å²) < 4.78 is 5.11. The largest absolute Gasteiger partial charge is 0.450 e. The number of piperidine rings is 1. The zero-order chi connectivity index (χ0) is 18.4. The van der Waals surface area contributed by atoms with Gasteiger partial charge >= 0.3 is 6.09 Å². The molecule has 1 atom stereocenters. The summed E-state index contributed by atoms with van der Waals surface area (Å²) in [5, 5.41) is 9.47. The van der Waals surface area contributed by atoms with Gasteiger partial charge in [-0.15, -0.1) is 0 Å². The first-order chi connectivity index (χ1) is 11.8. The molecule has 0 saturated carbocycles. The first-order valence-corrected chi connectivity index (χ1v) is 9.84. The highest BCUT2D eigenvalue weighted by Crippen LogP contribution is 2.25. The molecule has 2 aliphatic rings. The van der Waals surface area contributed by atoms with Crippen LogP contribution in [0.5, 0.6) is 0 Å². The van der Waals surface area contributed by atoms with Gasteiger partial charge in [-0.1, -0.05) is 20.8 Å². The zero-order valence-corrected chi connectivity index (χ0v) is 16.5. The number of hydrogen-bond acceptors (Lipinski definition) is 5. The van der Waals surface area contributed by atoms with Gasteiger partial charge in [0.1, 0.15) is 0 Å². The molecule has 0 spiro atoms. The normalized spacial score (nSPS) is 24.5. The second-order valence-electron chi connectivity index (χ2n) is 8.61. The Balaban J connectivity index is 1.87. The van der Waals surface area contributed by atoms with Crippen molar-refractivity contribution in [1.82, 2.24) is 14.7 Å². The number of hydrogen-bond donors (Lipinski definition) is 1. The van der Waals surface area contributed by atoms with Crippen molar-refractivity contribution >= 4 is 6.09 Å². The van der Waals surface area contributed by atoms with Crippen LogP contribution in [0.3, 0.4) is 0 Å². The number of carbonyl (C=O) groups excluding carboxylic acids is 1. The standard InChI is InChI=1S/C19H37N3O3/c1-5-25-18(24)20-9-6-16(7-10-20)21-11-12-22(15-19(2,3)4)17(14-21)8-13-23/h16-17,23H,5-15H2,1-4H3. The molecule has 2 aliphatic heterocycles. The van der Waals surface area contributed by atoms with Gasteiger partial charge in [0.05, 0.1) is 6.61 Å². The van der Waals surface area contributed by atoms with Gasteiger partial charge in [0.2, 0.25) is 0 Å². The van der Waals surface area contributed by atoms with Gasteiger partial charge in [0, 0.05) is 58.0 Å². The van der Waals surface area contributed by atoms with Gasteiger partial charge < -0.3 is 14.7 Å². The summed E-state index contributed by atoms with van der Waals surface area (Å²) in [5.41, 5.74) is 0.279. The van der Waals surface area contributed by atoms with Crippen molar-refractivity contribution in [3.63, 3.8) is 0 Å². The number of likely N-dealkylation sites (tertiary alicyclic amines) is 1. The van der Waals surface area contributed by atoms with Crippen molar-refractivity contribution < 1.29 is 14.6 Å². The van der Waals surface area contributed by atoms with Crippen molar-refractivity contribution in [3.8, 4) is 0 Å². The Morgan fingerprint density at radius 1 is 1.16 bits per heavy atom. The lowest BCUT2D eigenvalue weighted by molar-refractivity contribution is 0.00313. The Bertz CT molecular complexity index is 417. The molecule has 0 aromatic rings. The third-order valence-corrected chi connectivity index (χ3v) is 5.28. The molecule has 2 saturated heterocycles. The van der Waals surface area contributed by atoms with Crippen LogP contribution < -0.4 is 0 Å². The highest BCUT2D eigenvalue weighted by atomic mass is 16.6. The molecule has 1 N–H and O–H groups in total. The Morgan fingerprint density at radius 2 is 1.84 bits per heavy atom. The van der Waals surface area contributed by atoms with Gasteiger partial charge in [-0.3, -0.25) is 9.80 Å². The molecule has 6 heteroatoms. The molecule has 2 heterocycles. The minimum atomic E-state index is -0.172. The van der Waals surface area contributed by atoms with E-state index in [0.717, 1.165) is 58.5 Å². The molecule has 0 aromatic carbocycles. The van der Waals surface area contributed by atoms with Crippen molar-refractivity contribution in [2.75, 3.05) is 52.5 Å². The molecule has 0 aromatic heterocycles. The molecular weight excluding hydrogens is 318 g/mol. The number of aliphatic hydroxyl groups is 1. The molecule has 1 amide bonds. The summed E-state index contributed by atoms with van der Waals surface area (Å²) in [7, 11) is 0. The monoisotopic (exact) mass is 355 g/mol. The fraction of sp³-hybridized carbons (Fsp3) is 0.947. The maximum Gasteiger partial charge on any atom is 0.409 e. The highest BCUT2D eigenvalue weighted by molar-refractivity contribution is 5.67. The number of rotatable bonds is 5. The van der Waals surface area contributed by atoms with E-state index in [9.17, 15) is 9.90 Å². The maximum absolute atomic E-state index is 11.8. The number of aliphatic hydroxyl groups excluding tert-OH is 1. The number of amides is 1. The van der Waals surface area contributed by atoms with Crippen LogP contribution in [-0.2, 0) is 4.74 Å². The second kappa shape index (κ2) is 9.19. The molecule has 1 unspecified atom stereocenters. The van der Waals surface area contributed by atoms with Crippen molar-refractivity contribution in [3.05, 3.63) is 0 Å². The van der Waals surface area contributed by atoms with E-state index >= 15 is 0 Å². The lowest BCUT2D eigenvalue weighted by Gasteiger charge is -2.47. The molecule has 146 valence electrons. The van der Waals surface area contributed by atoms with Gasteiger partial charge in [0.25, 0.3) is 0 Å². The maximum atomic E-state index is 11.8. The highest BCUT2D eigenvalue weighted by Gasteiger charge is 2.34. The number of nitrogens with zero attached hydrogens (tertiary/aromatic N) is 3. The summed E-state index contributed by atoms with van der Waals surface area (Å²) >= 11 is 0. The summed E-state index contributed by atoms with van der Waals surface area (Å²) in [6.07, 6.45) is 2.70. The fourth-order valence-corrected chi connectivity index (χ4v) is 4.12. The van der Waals surface area contributed by atoms with E-state index in [1.807, 2.05) is 11.8 Å². The lowest BCUT2D eigenvalue weighted by Crippen LogP contribution is -2.59. The van der Waals surface area contributed by atoms with Crippen LogP contribution >= 0.6 is 0 Å². The first-order valence-electron chi connectivity index (χ1n) is 9.84. The molecule has 0 aliphatic carbocycles. The average molecular weight is 356 g/mol. The first kappa shape index (κ1) is 20.5. The summed E-state index contributed by atoms with van der Waals surface area (Å²) in [6.45, 7) is 15.2. The van der Waals surface area contributed by atoms with Crippen LogP contribution in [0.1, 0.15) is 47.0 Å². The van der Waals surface area contributed by atoms with E-state index in [4.69, 9.17) is 4.74 Å². The molecule has 6 nitrogen and oxygen atoms in total. The molecule has 2 rings (SSSR count). The average Bonchev–Trinajstić information content (AvgIpc) is 2.56. The van der Waals surface area contributed by atoms with Gasteiger partial charge in [-0.05, 0) is 31.6 Å². The van der Waals surface area contributed by atoms with Crippen LogP contribution in [0, 0.1) is 5.41 Å². The van der Waals surface area contributed by atoms with Crippen LogP contribution in [-0.4, -0.2) is 90.5 Å². The van der Waals surface area contributed by atoms with Crippen molar-refractivity contribution in [2.24, 2.45) is 5.41 Å². The van der Waals surface area contributed by atoms with Crippen LogP contribution in [0.15, 0.2) is 0 Å². The van der Waals surface area contributed by atoms with Crippen molar-refractivity contribution in [2.45, 2.75) is 59.0 Å². The fourth-order valence-electron chi connectivity index (χ4n) is 4.12. The topological polar surface area (TPSA) is 56.2 Å². The second-order valence-corrected chi connectivity index (χ2v) is 8.61. The smallest absolute Gasteiger partial charge is 0.409 e. The van der Waals surface area contributed by atoms with E-state index in [0.29, 0.717) is 18.7 Å². The Morgan fingerprint density at radius 3 is 2.40 bits per heavy atom. The van der Waals surface area contributed by atoms with E-state index in [-0.39, 0.29) is 18.1 Å². The summed E-state index contributed by atoms with van der Waals surface area (Å²) in [5.74, 6) is 0. The van der Waals surface area contributed by atoms with Crippen LogP contribution in [0.2, 0.25) is 0 Å². The van der Waals surface area contributed by atoms with E-state index in [1.165, 1.54) is 0 Å². The lowest BCUT2D eigenvalue weighted by atomic mass is 9.93. The molecular formula is C19H37N3O3. The molecule has 0 radical (unpaired) electrons. The number of ether oxygens (including phenoxy) is 1. The molecule has 25 heavy (non-hydrogen) atoms. The van der Waals surface area contributed by atoms with Crippen LogP contribution in [0.25, 0.3) is 0 Å². The molecule has 2 fully saturated rings. The van der Waals surface area contributed by atoms with Crippen molar-refractivity contribution in [1.29, 1.82) is 0 Å². The van der Waals surface area contributed by atoms with Crippen LogP contribution in [0.4, 0.5) is 4.79 Å². The predicted molar refractivity (Wildman–Crippen MR) is 99.7 cm³/mol. The molecule has 0 bridgehead atoms. The Hall–Kier alpha value is -0.850. The van der Waals surface area contributed by atoms with E-state index in [2.05, 4.69) is 30.6 Å². The third kappa shape index (κ3) is 6.12.